The maximum Gasteiger partial charge on any atom is 0.132 e. The van der Waals surface area contributed by atoms with Gasteiger partial charge in [-0.05, 0) is 62.2 Å². The first kappa shape index (κ1) is 13.4. The molecule has 0 aliphatic carbocycles. The fourth-order valence-electron chi connectivity index (χ4n) is 1.46. The fourth-order valence-corrected chi connectivity index (χ4v) is 2.58. The van der Waals surface area contributed by atoms with E-state index in [-0.39, 0.29) is 0 Å². The third-order valence-corrected chi connectivity index (χ3v) is 3.76. The summed E-state index contributed by atoms with van der Waals surface area (Å²) in [6.07, 6.45) is 2.26. The third kappa shape index (κ3) is 3.72. The van der Waals surface area contributed by atoms with Gasteiger partial charge >= 0.3 is 0 Å². The van der Waals surface area contributed by atoms with Crippen LogP contribution in [0.3, 0.4) is 0 Å². The molecule has 0 saturated carbocycles. The van der Waals surface area contributed by atoms with Gasteiger partial charge in [0, 0.05) is 4.90 Å². The normalized spacial score (nSPS) is 10.5. The summed E-state index contributed by atoms with van der Waals surface area (Å²) in [6.45, 7) is 5.03. The molecular formula is C13H21NOS. The number of hydrogen-bond acceptors (Lipinski definition) is 3. The van der Waals surface area contributed by atoms with Gasteiger partial charge in [-0.25, -0.2) is 0 Å². The summed E-state index contributed by atoms with van der Waals surface area (Å²) in [5.41, 5.74) is 8.08. The van der Waals surface area contributed by atoms with Crippen molar-refractivity contribution in [3.8, 4) is 5.75 Å². The van der Waals surface area contributed by atoms with Crippen molar-refractivity contribution >= 4 is 11.8 Å². The second kappa shape index (κ2) is 6.81. The molecular weight excluding hydrogens is 218 g/mol. The molecule has 1 aromatic rings. The molecule has 0 spiro atoms. The summed E-state index contributed by atoms with van der Waals surface area (Å²) < 4.78 is 5.39. The SMILES string of the molecule is COc1cc(C)c(C)cc1SCCCCN. The summed E-state index contributed by atoms with van der Waals surface area (Å²) in [7, 11) is 1.73. The van der Waals surface area contributed by atoms with Gasteiger partial charge in [0.25, 0.3) is 0 Å². The van der Waals surface area contributed by atoms with Crippen molar-refractivity contribution in [1.29, 1.82) is 0 Å². The standard InChI is InChI=1S/C13H21NOS/c1-10-8-12(15-3)13(9-11(10)2)16-7-5-4-6-14/h8-9H,4-7,14H2,1-3H3. The summed E-state index contributed by atoms with van der Waals surface area (Å²) in [5.74, 6) is 2.09. The first-order chi connectivity index (χ1) is 7.69. The molecule has 0 unspecified atom stereocenters. The molecule has 0 heterocycles. The number of methoxy groups -OCH3 is 1. The molecule has 0 atom stereocenters. The van der Waals surface area contributed by atoms with Crippen LogP contribution in [0.2, 0.25) is 0 Å². The number of benzene rings is 1. The van der Waals surface area contributed by atoms with E-state index in [1.165, 1.54) is 16.0 Å². The fraction of sp³-hybridized carbons (Fsp3) is 0.538. The predicted octanol–water partition coefficient (Wildman–Crippen LogP) is 3.14. The number of hydrogen-bond donors (Lipinski definition) is 1. The number of aryl methyl sites for hydroxylation is 2. The number of thioether (sulfide) groups is 1. The summed E-state index contributed by atoms with van der Waals surface area (Å²) in [6, 6.07) is 4.32. The van der Waals surface area contributed by atoms with E-state index in [2.05, 4.69) is 26.0 Å². The van der Waals surface area contributed by atoms with Crippen LogP contribution >= 0.6 is 11.8 Å². The minimum Gasteiger partial charge on any atom is -0.496 e. The molecule has 16 heavy (non-hydrogen) atoms. The van der Waals surface area contributed by atoms with E-state index in [4.69, 9.17) is 10.5 Å². The quantitative estimate of drug-likeness (QED) is 0.612. The van der Waals surface area contributed by atoms with Gasteiger partial charge in [0.05, 0.1) is 7.11 Å². The second-order valence-corrected chi connectivity index (χ2v) is 5.07. The number of ether oxygens (including phenoxy) is 1. The number of rotatable bonds is 6. The van der Waals surface area contributed by atoms with Crippen LogP contribution in [0.4, 0.5) is 0 Å². The van der Waals surface area contributed by atoms with Gasteiger partial charge in [0.2, 0.25) is 0 Å². The molecule has 0 bridgehead atoms. The molecule has 2 N–H and O–H groups in total. The minimum atomic E-state index is 0.782. The molecule has 0 saturated heterocycles. The van der Waals surface area contributed by atoms with Gasteiger partial charge in [-0.2, -0.15) is 0 Å². The topological polar surface area (TPSA) is 35.2 Å². The van der Waals surface area contributed by atoms with E-state index in [1.807, 2.05) is 11.8 Å². The summed E-state index contributed by atoms with van der Waals surface area (Å²) in [5, 5.41) is 0. The average molecular weight is 239 g/mol. The molecule has 0 amide bonds. The molecule has 1 rings (SSSR count). The van der Waals surface area contributed by atoms with Crippen LogP contribution in [0, 0.1) is 13.8 Å². The lowest BCUT2D eigenvalue weighted by Crippen LogP contribution is -1.98. The van der Waals surface area contributed by atoms with Gasteiger partial charge in [0.15, 0.2) is 0 Å². The van der Waals surface area contributed by atoms with Crippen molar-refractivity contribution in [2.45, 2.75) is 31.6 Å². The lowest BCUT2D eigenvalue weighted by atomic mass is 10.1. The van der Waals surface area contributed by atoms with Crippen molar-refractivity contribution < 1.29 is 4.74 Å². The second-order valence-electron chi connectivity index (χ2n) is 3.93. The molecule has 0 fully saturated rings. The monoisotopic (exact) mass is 239 g/mol. The zero-order chi connectivity index (χ0) is 12.0. The van der Waals surface area contributed by atoms with Crippen molar-refractivity contribution in [2.75, 3.05) is 19.4 Å². The summed E-state index contributed by atoms with van der Waals surface area (Å²) >= 11 is 1.85. The van der Waals surface area contributed by atoms with Gasteiger partial charge in [-0.15, -0.1) is 11.8 Å². The van der Waals surface area contributed by atoms with E-state index >= 15 is 0 Å². The molecule has 3 heteroatoms. The van der Waals surface area contributed by atoms with Crippen molar-refractivity contribution in [1.82, 2.24) is 0 Å². The van der Waals surface area contributed by atoms with Gasteiger partial charge in [0.1, 0.15) is 5.75 Å². The van der Waals surface area contributed by atoms with Crippen LogP contribution in [-0.2, 0) is 0 Å². The van der Waals surface area contributed by atoms with Crippen LogP contribution in [0.1, 0.15) is 24.0 Å². The number of unbranched alkanes of at least 4 members (excludes halogenated alkanes) is 1. The Hall–Kier alpha value is -0.670. The van der Waals surface area contributed by atoms with Gasteiger partial charge in [-0.3, -0.25) is 0 Å². The summed E-state index contributed by atoms with van der Waals surface area (Å²) in [4.78, 5) is 1.24. The molecule has 1 aromatic carbocycles. The Balaban J connectivity index is 2.66. The molecule has 2 nitrogen and oxygen atoms in total. The molecule has 0 aliphatic heterocycles. The van der Waals surface area contributed by atoms with Crippen LogP contribution < -0.4 is 10.5 Å². The van der Waals surface area contributed by atoms with E-state index in [0.717, 1.165) is 30.9 Å². The number of nitrogens with two attached hydrogens (primary N) is 1. The Morgan fingerprint density at radius 2 is 1.88 bits per heavy atom. The maximum atomic E-state index is 5.47. The highest BCUT2D eigenvalue weighted by molar-refractivity contribution is 7.99. The van der Waals surface area contributed by atoms with Crippen molar-refractivity contribution in [3.63, 3.8) is 0 Å². The highest BCUT2D eigenvalue weighted by atomic mass is 32.2. The predicted molar refractivity (Wildman–Crippen MR) is 71.5 cm³/mol. The van der Waals surface area contributed by atoms with E-state index in [0.29, 0.717) is 0 Å². The van der Waals surface area contributed by atoms with Crippen LogP contribution in [0.15, 0.2) is 17.0 Å². The van der Waals surface area contributed by atoms with Crippen LogP contribution in [0.5, 0.6) is 5.75 Å². The highest BCUT2D eigenvalue weighted by Crippen LogP contribution is 2.32. The Morgan fingerprint density at radius 3 is 2.50 bits per heavy atom. The first-order valence-corrected chi connectivity index (χ1v) is 6.65. The lowest BCUT2D eigenvalue weighted by molar-refractivity contribution is 0.404. The maximum absolute atomic E-state index is 5.47. The van der Waals surface area contributed by atoms with Crippen LogP contribution in [-0.4, -0.2) is 19.4 Å². The molecule has 0 radical (unpaired) electrons. The minimum absolute atomic E-state index is 0.782. The highest BCUT2D eigenvalue weighted by Gasteiger charge is 2.06. The van der Waals surface area contributed by atoms with Crippen molar-refractivity contribution in [2.24, 2.45) is 5.73 Å². The zero-order valence-electron chi connectivity index (χ0n) is 10.4. The zero-order valence-corrected chi connectivity index (χ0v) is 11.2. The van der Waals surface area contributed by atoms with Crippen LogP contribution in [0.25, 0.3) is 0 Å². The lowest BCUT2D eigenvalue weighted by Gasteiger charge is -2.11. The molecule has 0 aliphatic rings. The average Bonchev–Trinajstić information content (AvgIpc) is 2.28. The molecule has 0 aromatic heterocycles. The van der Waals surface area contributed by atoms with Crippen molar-refractivity contribution in [3.05, 3.63) is 23.3 Å². The Labute approximate surface area is 103 Å². The van der Waals surface area contributed by atoms with E-state index < -0.39 is 0 Å². The largest absolute Gasteiger partial charge is 0.496 e. The Morgan fingerprint density at radius 1 is 1.19 bits per heavy atom. The van der Waals surface area contributed by atoms with Gasteiger partial charge in [-0.1, -0.05) is 0 Å². The van der Waals surface area contributed by atoms with Gasteiger partial charge < -0.3 is 10.5 Å². The Kier molecular flexibility index (Phi) is 5.71. The van der Waals surface area contributed by atoms with E-state index in [1.54, 1.807) is 7.11 Å². The smallest absolute Gasteiger partial charge is 0.132 e. The van der Waals surface area contributed by atoms with E-state index in [9.17, 15) is 0 Å². The Bertz CT molecular complexity index is 339. The molecule has 90 valence electrons. The first-order valence-electron chi connectivity index (χ1n) is 5.67. The third-order valence-electron chi connectivity index (χ3n) is 2.64.